The van der Waals surface area contributed by atoms with Crippen LogP contribution in [0.1, 0.15) is 10.4 Å². The van der Waals surface area contributed by atoms with E-state index in [0.717, 1.165) is 12.1 Å². The highest BCUT2D eigenvalue weighted by atomic mass is 35.5. The van der Waals surface area contributed by atoms with E-state index in [0.29, 0.717) is 6.07 Å². The van der Waals surface area contributed by atoms with Gasteiger partial charge in [0, 0.05) is 12.3 Å². The van der Waals surface area contributed by atoms with Gasteiger partial charge in [-0.25, -0.2) is 13.8 Å². The Hall–Kier alpha value is -2.01. The van der Waals surface area contributed by atoms with Gasteiger partial charge < -0.3 is 5.32 Å². The lowest BCUT2D eigenvalue weighted by Crippen LogP contribution is -2.14. The zero-order valence-electron chi connectivity index (χ0n) is 8.95. The molecular weight excluding hydrogens is 262 g/mol. The van der Waals surface area contributed by atoms with Crippen molar-refractivity contribution in [1.82, 2.24) is 4.98 Å². The van der Waals surface area contributed by atoms with E-state index < -0.39 is 17.5 Å². The molecule has 0 aliphatic carbocycles. The summed E-state index contributed by atoms with van der Waals surface area (Å²) in [7, 11) is 0. The number of carbonyl (C=O) groups is 1. The van der Waals surface area contributed by atoms with Crippen LogP contribution in [0.5, 0.6) is 0 Å². The number of anilines is 1. The van der Waals surface area contributed by atoms with Crippen LogP contribution >= 0.6 is 11.6 Å². The Labute approximate surface area is 106 Å². The maximum atomic E-state index is 13.3. The first-order valence-corrected chi connectivity index (χ1v) is 5.32. The van der Waals surface area contributed by atoms with Crippen LogP contribution in [0.25, 0.3) is 0 Å². The molecule has 92 valence electrons. The summed E-state index contributed by atoms with van der Waals surface area (Å²) in [5.74, 6) is -2.19. The molecule has 0 atom stereocenters. The molecule has 18 heavy (non-hydrogen) atoms. The average Bonchev–Trinajstić information content (AvgIpc) is 2.33. The number of amides is 1. The quantitative estimate of drug-likeness (QED) is 0.850. The molecule has 0 saturated heterocycles. The van der Waals surface area contributed by atoms with Gasteiger partial charge in [-0.3, -0.25) is 4.79 Å². The van der Waals surface area contributed by atoms with Crippen molar-refractivity contribution in [3.8, 4) is 0 Å². The minimum absolute atomic E-state index is 0.0116. The Morgan fingerprint density at radius 3 is 2.72 bits per heavy atom. The molecule has 2 aromatic rings. The van der Waals surface area contributed by atoms with E-state index in [-0.39, 0.29) is 16.4 Å². The first kappa shape index (κ1) is 12.4. The number of halogens is 3. The van der Waals surface area contributed by atoms with Crippen LogP contribution in [0.3, 0.4) is 0 Å². The van der Waals surface area contributed by atoms with E-state index in [1.807, 2.05) is 0 Å². The lowest BCUT2D eigenvalue weighted by molar-refractivity contribution is 0.102. The van der Waals surface area contributed by atoms with E-state index in [2.05, 4.69) is 10.3 Å². The highest BCUT2D eigenvalue weighted by molar-refractivity contribution is 6.33. The van der Waals surface area contributed by atoms with E-state index in [9.17, 15) is 13.6 Å². The van der Waals surface area contributed by atoms with Gasteiger partial charge in [0.2, 0.25) is 0 Å². The Morgan fingerprint density at radius 2 is 2.06 bits per heavy atom. The molecule has 1 aromatic carbocycles. The summed E-state index contributed by atoms with van der Waals surface area (Å²) in [6.45, 7) is 0. The molecule has 0 unspecified atom stereocenters. The highest BCUT2D eigenvalue weighted by Crippen LogP contribution is 2.18. The standard InChI is InChI=1S/C12H7ClF2N2O/c13-11-8(2-1-5-16-11)12(18)17-10-4-3-7(14)6-9(10)15/h1-6H,(H,17,18). The topological polar surface area (TPSA) is 42.0 Å². The van der Waals surface area contributed by atoms with Crippen molar-refractivity contribution >= 4 is 23.2 Å². The van der Waals surface area contributed by atoms with Crippen LogP contribution in [-0.2, 0) is 0 Å². The first-order valence-electron chi connectivity index (χ1n) is 4.95. The summed E-state index contributed by atoms with van der Waals surface area (Å²) in [5.41, 5.74) is -0.00999. The number of nitrogens with zero attached hydrogens (tertiary/aromatic N) is 1. The van der Waals surface area contributed by atoms with Crippen molar-refractivity contribution in [1.29, 1.82) is 0 Å². The number of hydrogen-bond donors (Lipinski definition) is 1. The smallest absolute Gasteiger partial charge is 0.258 e. The Kier molecular flexibility index (Phi) is 3.53. The monoisotopic (exact) mass is 268 g/mol. The molecule has 0 radical (unpaired) electrons. The molecule has 3 nitrogen and oxygen atoms in total. The molecule has 0 saturated carbocycles. The molecule has 1 aromatic heterocycles. The SMILES string of the molecule is O=C(Nc1ccc(F)cc1F)c1cccnc1Cl. The van der Waals surface area contributed by atoms with Crippen LogP contribution in [0, 0.1) is 11.6 Å². The highest BCUT2D eigenvalue weighted by Gasteiger charge is 2.13. The van der Waals surface area contributed by atoms with Gasteiger partial charge in [0.1, 0.15) is 16.8 Å². The van der Waals surface area contributed by atoms with Crippen LogP contribution in [0.15, 0.2) is 36.5 Å². The van der Waals surface area contributed by atoms with Crippen molar-refractivity contribution in [3.63, 3.8) is 0 Å². The molecule has 1 amide bonds. The van der Waals surface area contributed by atoms with Crippen molar-refractivity contribution in [2.24, 2.45) is 0 Å². The summed E-state index contributed by atoms with van der Waals surface area (Å²) in [6.07, 6.45) is 1.43. The molecule has 6 heteroatoms. The van der Waals surface area contributed by atoms with Crippen LogP contribution in [0.4, 0.5) is 14.5 Å². The summed E-state index contributed by atoms with van der Waals surface area (Å²) >= 11 is 5.72. The summed E-state index contributed by atoms with van der Waals surface area (Å²) in [5, 5.41) is 2.30. The van der Waals surface area contributed by atoms with Crippen molar-refractivity contribution in [2.75, 3.05) is 5.32 Å². The third kappa shape index (κ3) is 2.62. The fourth-order valence-electron chi connectivity index (χ4n) is 1.34. The van der Waals surface area contributed by atoms with Crippen molar-refractivity contribution in [3.05, 3.63) is 58.9 Å². The van der Waals surface area contributed by atoms with Crippen molar-refractivity contribution < 1.29 is 13.6 Å². The second-order valence-electron chi connectivity index (χ2n) is 3.42. The van der Waals surface area contributed by atoms with Crippen molar-refractivity contribution in [2.45, 2.75) is 0 Å². The van der Waals surface area contributed by atoms with Crippen LogP contribution < -0.4 is 5.32 Å². The third-order valence-electron chi connectivity index (χ3n) is 2.18. The minimum Gasteiger partial charge on any atom is -0.319 e. The summed E-state index contributed by atoms with van der Waals surface area (Å²) < 4.78 is 26.0. The lowest BCUT2D eigenvalue weighted by atomic mass is 10.2. The number of nitrogens with one attached hydrogen (secondary N) is 1. The molecule has 0 spiro atoms. The molecule has 1 heterocycles. The number of rotatable bonds is 2. The normalized spacial score (nSPS) is 10.2. The second-order valence-corrected chi connectivity index (χ2v) is 3.78. The predicted octanol–water partition coefficient (Wildman–Crippen LogP) is 3.27. The van der Waals surface area contributed by atoms with E-state index >= 15 is 0 Å². The maximum absolute atomic E-state index is 13.3. The first-order chi connectivity index (χ1) is 8.58. The zero-order valence-corrected chi connectivity index (χ0v) is 9.71. The Balaban J connectivity index is 2.24. The average molecular weight is 269 g/mol. The Morgan fingerprint density at radius 1 is 1.28 bits per heavy atom. The number of hydrogen-bond acceptors (Lipinski definition) is 2. The minimum atomic E-state index is -0.858. The van der Waals surface area contributed by atoms with Gasteiger partial charge in [-0.15, -0.1) is 0 Å². The van der Waals surface area contributed by atoms with Crippen LogP contribution in [-0.4, -0.2) is 10.9 Å². The zero-order chi connectivity index (χ0) is 13.1. The summed E-state index contributed by atoms with van der Waals surface area (Å²) in [6, 6.07) is 5.84. The number of benzene rings is 1. The van der Waals surface area contributed by atoms with Gasteiger partial charge in [0.05, 0.1) is 11.3 Å². The molecule has 0 aliphatic rings. The molecule has 0 aliphatic heterocycles. The fourth-order valence-corrected chi connectivity index (χ4v) is 1.54. The van der Waals surface area contributed by atoms with Gasteiger partial charge in [-0.05, 0) is 24.3 Å². The Bertz CT molecular complexity index is 604. The maximum Gasteiger partial charge on any atom is 0.258 e. The fraction of sp³-hybridized carbons (Fsp3) is 0. The van der Waals surface area contributed by atoms with Gasteiger partial charge in [-0.2, -0.15) is 0 Å². The summed E-state index contributed by atoms with van der Waals surface area (Å²) in [4.78, 5) is 15.5. The molecule has 1 N–H and O–H groups in total. The van der Waals surface area contributed by atoms with Gasteiger partial charge in [0.15, 0.2) is 0 Å². The van der Waals surface area contributed by atoms with Gasteiger partial charge in [0.25, 0.3) is 5.91 Å². The third-order valence-corrected chi connectivity index (χ3v) is 2.48. The van der Waals surface area contributed by atoms with E-state index in [4.69, 9.17) is 11.6 Å². The lowest BCUT2D eigenvalue weighted by Gasteiger charge is -2.07. The molecule has 0 bridgehead atoms. The number of pyridine rings is 1. The van der Waals surface area contributed by atoms with Gasteiger partial charge in [-0.1, -0.05) is 11.6 Å². The number of aromatic nitrogens is 1. The van der Waals surface area contributed by atoms with E-state index in [1.165, 1.54) is 18.3 Å². The largest absolute Gasteiger partial charge is 0.319 e. The molecule has 2 rings (SSSR count). The second kappa shape index (κ2) is 5.10. The van der Waals surface area contributed by atoms with Gasteiger partial charge >= 0.3 is 0 Å². The number of carbonyl (C=O) groups excluding carboxylic acids is 1. The molecular formula is C12H7ClF2N2O. The van der Waals surface area contributed by atoms with Crippen LogP contribution in [0.2, 0.25) is 5.15 Å². The predicted molar refractivity (Wildman–Crippen MR) is 63.6 cm³/mol. The molecule has 0 fully saturated rings. The van der Waals surface area contributed by atoms with E-state index in [1.54, 1.807) is 0 Å².